The van der Waals surface area contributed by atoms with E-state index in [1.807, 2.05) is 0 Å². The van der Waals surface area contributed by atoms with Gasteiger partial charge in [-0.3, -0.25) is 0 Å². The number of hydrogen-bond acceptors (Lipinski definition) is 3. The summed E-state index contributed by atoms with van der Waals surface area (Å²) in [4.78, 5) is 15.3. The highest BCUT2D eigenvalue weighted by Crippen LogP contribution is 2.24. The van der Waals surface area contributed by atoms with Gasteiger partial charge in [0, 0.05) is 16.7 Å². The number of carboxylic acids is 1. The van der Waals surface area contributed by atoms with Crippen LogP contribution in [-0.4, -0.2) is 22.1 Å². The smallest absolute Gasteiger partial charge is 0.339 e. The largest absolute Gasteiger partial charge is 0.478 e. The van der Waals surface area contributed by atoms with Crippen molar-refractivity contribution in [3.05, 3.63) is 22.3 Å². The van der Waals surface area contributed by atoms with E-state index in [1.165, 1.54) is 19.3 Å². The minimum atomic E-state index is -0.947. The Bertz CT molecular complexity index is 417. The summed E-state index contributed by atoms with van der Waals surface area (Å²) >= 11 is 3.24. The Morgan fingerprint density at radius 3 is 2.76 bits per heavy atom. The predicted molar refractivity (Wildman–Crippen MR) is 69.4 cm³/mol. The molecule has 0 unspecified atom stereocenters. The number of carbonyl (C=O) groups is 1. The van der Waals surface area contributed by atoms with Crippen molar-refractivity contribution in [3.8, 4) is 0 Å². The molecule has 0 aliphatic heterocycles. The van der Waals surface area contributed by atoms with Crippen molar-refractivity contribution in [2.75, 3.05) is 5.32 Å². The topological polar surface area (TPSA) is 62.2 Å². The molecule has 0 aromatic carbocycles. The highest BCUT2D eigenvalue weighted by atomic mass is 79.9. The number of hydrogen-bond donors (Lipinski definition) is 2. The quantitative estimate of drug-likeness (QED) is 0.899. The van der Waals surface area contributed by atoms with Gasteiger partial charge in [0.2, 0.25) is 0 Å². The van der Waals surface area contributed by atoms with E-state index >= 15 is 0 Å². The zero-order chi connectivity index (χ0) is 12.3. The molecular formula is C12H15BrN2O2. The van der Waals surface area contributed by atoms with Gasteiger partial charge in [0.05, 0.1) is 0 Å². The monoisotopic (exact) mass is 298 g/mol. The van der Waals surface area contributed by atoms with Crippen LogP contribution in [0.2, 0.25) is 0 Å². The maximum absolute atomic E-state index is 11.1. The molecule has 0 radical (unpaired) electrons. The van der Waals surface area contributed by atoms with Crippen molar-refractivity contribution < 1.29 is 9.90 Å². The van der Waals surface area contributed by atoms with Crippen molar-refractivity contribution in [2.45, 2.75) is 38.1 Å². The minimum absolute atomic E-state index is 0.227. The van der Waals surface area contributed by atoms with Crippen LogP contribution in [-0.2, 0) is 0 Å². The molecule has 92 valence electrons. The van der Waals surface area contributed by atoms with Gasteiger partial charge in [0.1, 0.15) is 11.4 Å². The lowest BCUT2D eigenvalue weighted by Crippen LogP contribution is -2.24. The number of carboxylic acid groups (broad SMARTS) is 1. The fourth-order valence-electron chi connectivity index (χ4n) is 2.16. The van der Waals surface area contributed by atoms with Gasteiger partial charge in [-0.05, 0) is 34.8 Å². The third-order valence-electron chi connectivity index (χ3n) is 3.03. The number of rotatable bonds is 3. The number of pyridine rings is 1. The van der Waals surface area contributed by atoms with E-state index in [-0.39, 0.29) is 5.56 Å². The number of aromatic nitrogens is 1. The molecule has 2 rings (SSSR count). The van der Waals surface area contributed by atoms with E-state index in [9.17, 15) is 4.79 Å². The maximum Gasteiger partial charge on any atom is 0.339 e. The molecule has 0 atom stereocenters. The Morgan fingerprint density at radius 2 is 2.12 bits per heavy atom. The summed E-state index contributed by atoms with van der Waals surface area (Å²) in [5, 5.41) is 12.4. The molecule has 2 N–H and O–H groups in total. The van der Waals surface area contributed by atoms with E-state index in [1.54, 1.807) is 12.3 Å². The van der Waals surface area contributed by atoms with Gasteiger partial charge in [-0.1, -0.05) is 19.3 Å². The zero-order valence-corrected chi connectivity index (χ0v) is 11.0. The van der Waals surface area contributed by atoms with E-state index < -0.39 is 5.97 Å². The van der Waals surface area contributed by atoms with E-state index in [4.69, 9.17) is 5.11 Å². The Balaban J connectivity index is 2.16. The zero-order valence-electron chi connectivity index (χ0n) is 9.45. The van der Waals surface area contributed by atoms with Gasteiger partial charge in [0.15, 0.2) is 0 Å². The fraction of sp³-hybridized carbons (Fsp3) is 0.500. The van der Waals surface area contributed by atoms with Crippen LogP contribution in [0, 0.1) is 0 Å². The molecule has 1 aromatic heterocycles. The molecule has 1 aromatic rings. The van der Waals surface area contributed by atoms with Gasteiger partial charge >= 0.3 is 5.97 Å². The summed E-state index contributed by atoms with van der Waals surface area (Å²) in [5.41, 5.74) is 0.227. The molecule has 4 nitrogen and oxygen atoms in total. The van der Waals surface area contributed by atoms with Crippen LogP contribution in [0.3, 0.4) is 0 Å². The van der Waals surface area contributed by atoms with Crippen LogP contribution in [0.5, 0.6) is 0 Å². The molecule has 0 bridgehead atoms. The van der Waals surface area contributed by atoms with Crippen molar-refractivity contribution >= 4 is 27.7 Å². The summed E-state index contributed by atoms with van der Waals surface area (Å²) in [5.74, 6) is -0.468. The molecule has 5 heteroatoms. The number of halogens is 1. The molecule has 1 fully saturated rings. The standard InChI is InChI=1S/C12H15BrN2O2/c13-8-6-10(12(16)17)11(14-7-8)15-9-4-2-1-3-5-9/h6-7,9H,1-5H2,(H,14,15)(H,16,17). The summed E-state index contributed by atoms with van der Waals surface area (Å²) < 4.78 is 0.684. The van der Waals surface area contributed by atoms with E-state index in [0.29, 0.717) is 16.3 Å². The lowest BCUT2D eigenvalue weighted by molar-refractivity contribution is 0.0697. The SMILES string of the molecule is O=C(O)c1cc(Br)cnc1NC1CCCCC1. The Hall–Kier alpha value is -1.10. The average Bonchev–Trinajstić information content (AvgIpc) is 2.32. The molecule has 17 heavy (non-hydrogen) atoms. The van der Waals surface area contributed by atoms with Gasteiger partial charge < -0.3 is 10.4 Å². The lowest BCUT2D eigenvalue weighted by Gasteiger charge is -2.23. The summed E-state index contributed by atoms with van der Waals surface area (Å²) in [6.07, 6.45) is 7.50. The summed E-state index contributed by atoms with van der Waals surface area (Å²) in [6.45, 7) is 0. The first kappa shape index (κ1) is 12.4. The van der Waals surface area contributed by atoms with Crippen LogP contribution in [0.1, 0.15) is 42.5 Å². The van der Waals surface area contributed by atoms with Gasteiger partial charge in [-0.2, -0.15) is 0 Å². The lowest BCUT2D eigenvalue weighted by atomic mass is 9.95. The predicted octanol–water partition coefficient (Wildman–Crippen LogP) is 3.29. The second kappa shape index (κ2) is 5.49. The second-order valence-electron chi connectivity index (χ2n) is 4.33. The highest BCUT2D eigenvalue weighted by molar-refractivity contribution is 9.10. The Morgan fingerprint density at radius 1 is 1.41 bits per heavy atom. The van der Waals surface area contributed by atoms with Crippen molar-refractivity contribution in [1.29, 1.82) is 0 Å². The van der Waals surface area contributed by atoms with Crippen LogP contribution in [0.4, 0.5) is 5.82 Å². The van der Waals surface area contributed by atoms with E-state index in [0.717, 1.165) is 12.8 Å². The Kier molecular flexibility index (Phi) is 3.99. The van der Waals surface area contributed by atoms with Gasteiger partial charge in [0.25, 0.3) is 0 Å². The van der Waals surface area contributed by atoms with Crippen molar-refractivity contribution in [1.82, 2.24) is 4.98 Å². The molecule has 1 heterocycles. The van der Waals surface area contributed by atoms with Crippen molar-refractivity contribution in [2.24, 2.45) is 0 Å². The van der Waals surface area contributed by atoms with E-state index in [2.05, 4.69) is 26.2 Å². The van der Waals surface area contributed by atoms with Crippen molar-refractivity contribution in [3.63, 3.8) is 0 Å². The van der Waals surface area contributed by atoms with Crippen LogP contribution >= 0.6 is 15.9 Å². The molecule has 0 spiro atoms. The molecular weight excluding hydrogens is 284 g/mol. The first-order chi connectivity index (χ1) is 8.16. The van der Waals surface area contributed by atoms with Crippen LogP contribution in [0.15, 0.2) is 16.7 Å². The number of nitrogens with one attached hydrogen (secondary N) is 1. The normalized spacial score (nSPS) is 16.8. The second-order valence-corrected chi connectivity index (χ2v) is 5.25. The average molecular weight is 299 g/mol. The molecule has 1 saturated carbocycles. The molecule has 1 aliphatic carbocycles. The summed E-state index contributed by atoms with van der Waals surface area (Å²) in [7, 11) is 0. The maximum atomic E-state index is 11.1. The number of anilines is 1. The molecule has 0 amide bonds. The fourth-order valence-corrected chi connectivity index (χ4v) is 2.49. The highest BCUT2D eigenvalue weighted by Gasteiger charge is 2.18. The molecule has 0 saturated heterocycles. The first-order valence-corrected chi connectivity index (χ1v) is 6.61. The minimum Gasteiger partial charge on any atom is -0.478 e. The van der Waals surface area contributed by atoms with Gasteiger partial charge in [-0.25, -0.2) is 9.78 Å². The molecule has 1 aliphatic rings. The third-order valence-corrected chi connectivity index (χ3v) is 3.46. The Labute approximate surface area is 109 Å². The van der Waals surface area contributed by atoms with Gasteiger partial charge in [-0.15, -0.1) is 0 Å². The van der Waals surface area contributed by atoms with Crippen LogP contribution < -0.4 is 5.32 Å². The number of nitrogens with zero attached hydrogens (tertiary/aromatic N) is 1. The summed E-state index contributed by atoms with van der Waals surface area (Å²) in [6, 6.07) is 1.94. The first-order valence-electron chi connectivity index (χ1n) is 5.82. The third kappa shape index (κ3) is 3.19. The number of aromatic carboxylic acids is 1. The van der Waals surface area contributed by atoms with Crippen LogP contribution in [0.25, 0.3) is 0 Å².